The molecule has 0 saturated heterocycles. The molecule has 1 N–H and O–H groups in total. The van der Waals surface area contributed by atoms with Crippen molar-refractivity contribution in [3.8, 4) is 0 Å². The average Bonchev–Trinajstić information content (AvgIpc) is 2.81. The van der Waals surface area contributed by atoms with Crippen LogP contribution in [0, 0.1) is 6.92 Å². The molecule has 0 bridgehead atoms. The van der Waals surface area contributed by atoms with Crippen LogP contribution in [0.1, 0.15) is 21.2 Å². The highest BCUT2D eigenvalue weighted by molar-refractivity contribution is 7.09. The van der Waals surface area contributed by atoms with Crippen molar-refractivity contribution in [2.24, 2.45) is 0 Å². The van der Waals surface area contributed by atoms with Crippen LogP contribution in [0.4, 0.5) is 5.82 Å². The Balaban J connectivity index is 2.03. The van der Waals surface area contributed by atoms with Gasteiger partial charge in [-0.3, -0.25) is 4.98 Å². The fourth-order valence-electron chi connectivity index (χ4n) is 1.30. The molecule has 0 aliphatic heterocycles. The molecule has 0 saturated carbocycles. The summed E-state index contributed by atoms with van der Waals surface area (Å²) in [5.74, 6) is 0.0157. The second-order valence-electron chi connectivity index (χ2n) is 3.52. The molecule has 0 aromatic carbocycles. The number of aromatic nitrogens is 3. The van der Waals surface area contributed by atoms with E-state index in [0.29, 0.717) is 12.4 Å². The lowest BCUT2D eigenvalue weighted by Gasteiger charge is -2.04. The van der Waals surface area contributed by atoms with Crippen LogP contribution in [0.5, 0.6) is 0 Å². The third-order valence-electron chi connectivity index (χ3n) is 2.12. The van der Waals surface area contributed by atoms with Crippen molar-refractivity contribution in [3.63, 3.8) is 0 Å². The fraction of sp³-hybridized carbons (Fsp3) is 0.273. The van der Waals surface area contributed by atoms with E-state index in [1.165, 1.54) is 13.3 Å². The zero-order chi connectivity index (χ0) is 13.0. The van der Waals surface area contributed by atoms with E-state index < -0.39 is 5.97 Å². The lowest BCUT2D eigenvalue weighted by molar-refractivity contribution is 0.0593. The number of thiazole rings is 1. The third-order valence-corrected chi connectivity index (χ3v) is 3.08. The van der Waals surface area contributed by atoms with Crippen LogP contribution < -0.4 is 5.32 Å². The Labute approximate surface area is 108 Å². The second kappa shape index (κ2) is 5.54. The van der Waals surface area contributed by atoms with E-state index in [1.54, 1.807) is 17.5 Å². The molecule has 0 unspecified atom stereocenters. The molecule has 2 aromatic heterocycles. The van der Waals surface area contributed by atoms with E-state index in [1.807, 2.05) is 12.3 Å². The highest BCUT2D eigenvalue weighted by Crippen LogP contribution is 2.11. The molecule has 2 aromatic rings. The van der Waals surface area contributed by atoms with Gasteiger partial charge in [0.05, 0.1) is 26.0 Å². The number of aryl methyl sites for hydroxylation is 1. The summed E-state index contributed by atoms with van der Waals surface area (Å²) >= 11 is 1.57. The number of hydrogen-bond donors (Lipinski definition) is 1. The Morgan fingerprint density at radius 3 is 2.94 bits per heavy atom. The number of ether oxygens (including phenoxy) is 1. The zero-order valence-corrected chi connectivity index (χ0v) is 10.8. The molecular formula is C11H12N4O2S. The van der Waals surface area contributed by atoms with Gasteiger partial charge in [0.1, 0.15) is 10.8 Å². The van der Waals surface area contributed by atoms with Gasteiger partial charge in [0.15, 0.2) is 5.69 Å². The maximum Gasteiger partial charge on any atom is 0.358 e. The largest absolute Gasteiger partial charge is 0.464 e. The van der Waals surface area contributed by atoms with Crippen molar-refractivity contribution in [2.45, 2.75) is 13.5 Å². The molecule has 2 heterocycles. The molecular weight excluding hydrogens is 252 g/mol. The number of hydrogen-bond acceptors (Lipinski definition) is 7. The first-order valence-electron chi connectivity index (χ1n) is 5.24. The number of carbonyl (C=O) groups excluding carboxylic acids is 1. The van der Waals surface area contributed by atoms with Gasteiger partial charge in [-0.15, -0.1) is 11.3 Å². The van der Waals surface area contributed by atoms with Crippen LogP contribution in [0.15, 0.2) is 17.8 Å². The van der Waals surface area contributed by atoms with E-state index >= 15 is 0 Å². The number of esters is 1. The summed E-state index contributed by atoms with van der Waals surface area (Å²) in [4.78, 5) is 23.6. The van der Waals surface area contributed by atoms with E-state index in [0.717, 1.165) is 10.7 Å². The summed E-state index contributed by atoms with van der Waals surface area (Å²) in [6.07, 6.45) is 2.91. The smallest absolute Gasteiger partial charge is 0.358 e. The number of rotatable bonds is 4. The summed E-state index contributed by atoms with van der Waals surface area (Å²) in [5.41, 5.74) is 1.17. The maximum absolute atomic E-state index is 11.3. The Kier molecular flexibility index (Phi) is 3.83. The average molecular weight is 264 g/mol. The molecule has 94 valence electrons. The Hall–Kier alpha value is -2.02. The van der Waals surface area contributed by atoms with Gasteiger partial charge in [-0.25, -0.2) is 14.8 Å². The van der Waals surface area contributed by atoms with Crippen molar-refractivity contribution in [2.75, 3.05) is 12.4 Å². The lowest BCUT2D eigenvalue weighted by Crippen LogP contribution is -2.08. The fourth-order valence-corrected chi connectivity index (χ4v) is 2.02. The zero-order valence-electron chi connectivity index (χ0n) is 10.0. The van der Waals surface area contributed by atoms with Gasteiger partial charge in [0.25, 0.3) is 0 Å². The quantitative estimate of drug-likeness (QED) is 0.846. The highest BCUT2D eigenvalue weighted by atomic mass is 32.1. The van der Waals surface area contributed by atoms with Crippen molar-refractivity contribution in [1.82, 2.24) is 15.0 Å². The van der Waals surface area contributed by atoms with E-state index in [2.05, 4.69) is 25.0 Å². The van der Waals surface area contributed by atoms with Crippen molar-refractivity contribution >= 4 is 23.1 Å². The topological polar surface area (TPSA) is 77.0 Å². The molecule has 0 spiro atoms. The monoisotopic (exact) mass is 264 g/mol. The van der Waals surface area contributed by atoms with Gasteiger partial charge in [-0.2, -0.15) is 0 Å². The molecule has 0 aliphatic carbocycles. The molecule has 6 nitrogen and oxygen atoms in total. The maximum atomic E-state index is 11.3. The first-order valence-corrected chi connectivity index (χ1v) is 6.12. The van der Waals surface area contributed by atoms with Crippen LogP contribution >= 0.6 is 11.3 Å². The predicted molar refractivity (Wildman–Crippen MR) is 67.5 cm³/mol. The summed E-state index contributed by atoms with van der Waals surface area (Å²) in [5, 5.41) is 6.00. The normalized spacial score (nSPS) is 10.1. The van der Waals surface area contributed by atoms with E-state index in [-0.39, 0.29) is 5.69 Å². The standard InChI is InChI=1S/C11H12N4O2S/c1-7-6-18-10(14-7)5-13-9-4-12-3-8(15-9)11(16)17-2/h3-4,6H,5H2,1-2H3,(H,13,15). The van der Waals surface area contributed by atoms with E-state index in [4.69, 9.17) is 0 Å². The molecule has 0 fully saturated rings. The summed E-state index contributed by atoms with van der Waals surface area (Å²) < 4.78 is 4.58. The molecule has 18 heavy (non-hydrogen) atoms. The predicted octanol–water partition coefficient (Wildman–Crippen LogP) is 1.64. The number of methoxy groups -OCH3 is 1. The Bertz CT molecular complexity index is 555. The van der Waals surface area contributed by atoms with Crippen LogP contribution in [-0.2, 0) is 11.3 Å². The minimum absolute atomic E-state index is 0.179. The molecule has 7 heteroatoms. The van der Waals surface area contributed by atoms with Crippen molar-refractivity contribution in [1.29, 1.82) is 0 Å². The van der Waals surface area contributed by atoms with Gasteiger partial charge in [0, 0.05) is 11.1 Å². The minimum Gasteiger partial charge on any atom is -0.464 e. The molecule has 0 atom stereocenters. The highest BCUT2D eigenvalue weighted by Gasteiger charge is 2.08. The molecule has 0 radical (unpaired) electrons. The van der Waals surface area contributed by atoms with Gasteiger partial charge in [-0.1, -0.05) is 0 Å². The minimum atomic E-state index is -0.503. The SMILES string of the molecule is COC(=O)c1cncc(NCc2nc(C)cs2)n1. The summed E-state index contributed by atoms with van der Waals surface area (Å²) in [7, 11) is 1.31. The van der Waals surface area contributed by atoms with Crippen LogP contribution in [0.25, 0.3) is 0 Å². The Morgan fingerprint density at radius 1 is 1.44 bits per heavy atom. The van der Waals surface area contributed by atoms with Gasteiger partial charge >= 0.3 is 5.97 Å². The number of nitrogens with one attached hydrogen (secondary N) is 1. The number of anilines is 1. The van der Waals surface area contributed by atoms with Crippen LogP contribution in [0.2, 0.25) is 0 Å². The van der Waals surface area contributed by atoms with Crippen molar-refractivity contribution in [3.05, 3.63) is 34.2 Å². The first-order chi connectivity index (χ1) is 8.69. The Morgan fingerprint density at radius 2 is 2.28 bits per heavy atom. The molecule has 2 rings (SSSR count). The third kappa shape index (κ3) is 3.01. The van der Waals surface area contributed by atoms with Crippen molar-refractivity contribution < 1.29 is 9.53 Å². The van der Waals surface area contributed by atoms with Gasteiger partial charge in [0.2, 0.25) is 0 Å². The lowest BCUT2D eigenvalue weighted by atomic mass is 10.4. The van der Waals surface area contributed by atoms with E-state index in [9.17, 15) is 4.79 Å². The molecule has 0 aliphatic rings. The van der Waals surface area contributed by atoms with Gasteiger partial charge in [-0.05, 0) is 6.92 Å². The number of carbonyl (C=O) groups is 1. The second-order valence-corrected chi connectivity index (χ2v) is 4.46. The van der Waals surface area contributed by atoms with Crippen LogP contribution in [-0.4, -0.2) is 28.0 Å². The van der Waals surface area contributed by atoms with Crippen LogP contribution in [0.3, 0.4) is 0 Å². The summed E-state index contributed by atoms with van der Waals surface area (Å²) in [6, 6.07) is 0. The number of nitrogens with zero attached hydrogens (tertiary/aromatic N) is 3. The molecule has 0 amide bonds. The first kappa shape index (κ1) is 12.4. The summed E-state index contributed by atoms with van der Waals surface area (Å²) in [6.45, 7) is 2.50. The van der Waals surface area contributed by atoms with Gasteiger partial charge < -0.3 is 10.1 Å².